The Morgan fingerprint density at radius 1 is 0.806 bits per heavy atom. The Bertz CT molecular complexity index is 1350. The molecule has 0 fully saturated rings. The molecular weight excluding hydrogens is 509 g/mol. The summed E-state index contributed by atoms with van der Waals surface area (Å²) >= 11 is 11.7. The van der Waals surface area contributed by atoms with Crippen LogP contribution < -0.4 is 21.4 Å². The van der Waals surface area contributed by atoms with E-state index < -0.39 is 23.6 Å². The van der Waals surface area contributed by atoms with Gasteiger partial charge in [-0.3, -0.25) is 19.2 Å². The molecule has 186 valence electrons. The number of furan rings is 1. The molecule has 3 aromatic rings. The summed E-state index contributed by atoms with van der Waals surface area (Å²) in [5.41, 5.74) is 4.92. The molecule has 12 heteroatoms. The number of hydrazone groups is 1. The third kappa shape index (κ3) is 7.42. The quantitative estimate of drug-likeness (QED) is 0.219. The van der Waals surface area contributed by atoms with E-state index in [1.165, 1.54) is 30.5 Å². The Morgan fingerprint density at radius 3 is 2.17 bits per heavy atom. The van der Waals surface area contributed by atoms with Crippen molar-refractivity contribution < 1.29 is 23.6 Å². The fraction of sp³-hybridized carbons (Fsp3) is 0.125. The molecule has 0 saturated heterocycles. The van der Waals surface area contributed by atoms with Gasteiger partial charge in [0, 0.05) is 11.4 Å². The van der Waals surface area contributed by atoms with Gasteiger partial charge in [0.1, 0.15) is 11.5 Å². The molecule has 0 aliphatic carbocycles. The molecule has 1 heterocycles. The van der Waals surface area contributed by atoms with Crippen molar-refractivity contribution >= 4 is 64.4 Å². The number of rotatable bonds is 6. The van der Waals surface area contributed by atoms with Gasteiger partial charge in [-0.1, -0.05) is 29.3 Å². The van der Waals surface area contributed by atoms with Gasteiger partial charge in [-0.05, 0) is 67.4 Å². The second-order valence-corrected chi connectivity index (χ2v) is 8.34. The minimum absolute atomic E-state index is 0.0502. The lowest BCUT2D eigenvalue weighted by Gasteiger charge is -2.07. The van der Waals surface area contributed by atoms with Crippen molar-refractivity contribution in [2.24, 2.45) is 5.10 Å². The average molecular weight is 530 g/mol. The third-order valence-corrected chi connectivity index (χ3v) is 5.56. The van der Waals surface area contributed by atoms with Crippen LogP contribution in [0.4, 0.5) is 11.4 Å². The van der Waals surface area contributed by atoms with E-state index in [0.717, 1.165) is 11.1 Å². The van der Waals surface area contributed by atoms with Crippen LogP contribution >= 0.6 is 23.2 Å². The van der Waals surface area contributed by atoms with E-state index in [4.69, 9.17) is 27.6 Å². The smallest absolute Gasteiger partial charge is 0.329 e. The highest BCUT2D eigenvalue weighted by Crippen LogP contribution is 2.24. The monoisotopic (exact) mass is 529 g/mol. The maximum Gasteiger partial charge on any atom is 0.329 e. The van der Waals surface area contributed by atoms with Crippen molar-refractivity contribution in [1.29, 1.82) is 0 Å². The maximum absolute atomic E-state index is 12.1. The molecular formula is C24H21Cl2N5O5. The van der Waals surface area contributed by atoms with Gasteiger partial charge < -0.3 is 20.4 Å². The number of amides is 4. The number of aryl methyl sites for hydroxylation is 2. The van der Waals surface area contributed by atoms with E-state index >= 15 is 0 Å². The van der Waals surface area contributed by atoms with Gasteiger partial charge in [0.05, 0.1) is 22.8 Å². The largest absolute Gasteiger partial charge is 0.458 e. The van der Waals surface area contributed by atoms with Gasteiger partial charge in [0.2, 0.25) is 0 Å². The Kier molecular flexibility index (Phi) is 8.82. The van der Waals surface area contributed by atoms with Crippen LogP contribution in [0, 0.1) is 13.8 Å². The van der Waals surface area contributed by atoms with Gasteiger partial charge in [0.15, 0.2) is 0 Å². The van der Waals surface area contributed by atoms with Crippen LogP contribution in [0.5, 0.6) is 0 Å². The third-order valence-electron chi connectivity index (χ3n) is 4.82. The molecule has 0 saturated carbocycles. The van der Waals surface area contributed by atoms with Gasteiger partial charge in [-0.15, -0.1) is 0 Å². The highest BCUT2D eigenvalue weighted by molar-refractivity contribution is 6.43. The number of carbonyl (C=O) groups is 4. The maximum atomic E-state index is 12.1. The summed E-state index contributed by atoms with van der Waals surface area (Å²) in [6, 6.07) is 12.8. The highest BCUT2D eigenvalue weighted by Gasteiger charge is 2.15. The van der Waals surface area contributed by atoms with Crippen LogP contribution in [0.25, 0.3) is 0 Å². The average Bonchev–Trinajstić information content (AvgIpc) is 3.29. The van der Waals surface area contributed by atoms with Gasteiger partial charge in [-0.25, -0.2) is 5.43 Å². The number of nitrogens with one attached hydrogen (secondary N) is 4. The van der Waals surface area contributed by atoms with Gasteiger partial charge >= 0.3 is 23.6 Å². The number of anilines is 2. The van der Waals surface area contributed by atoms with E-state index in [9.17, 15) is 19.2 Å². The second kappa shape index (κ2) is 12.0. The van der Waals surface area contributed by atoms with Crippen LogP contribution in [0.1, 0.15) is 22.6 Å². The van der Waals surface area contributed by atoms with Gasteiger partial charge in [0.25, 0.3) is 0 Å². The Balaban J connectivity index is 1.44. The molecule has 3 rings (SSSR count). The van der Waals surface area contributed by atoms with Crippen LogP contribution in [0.2, 0.25) is 10.0 Å². The van der Waals surface area contributed by atoms with Crippen LogP contribution in [0.3, 0.4) is 0 Å². The SMILES string of the molecule is Cc1ccc(NC(=O)C(=O)NCc2ccc(/C=N\NC(=O)C(=O)Nc3ccc(Cl)c(Cl)c3)o2)cc1C. The lowest BCUT2D eigenvalue weighted by molar-refractivity contribution is -0.136. The van der Waals surface area contributed by atoms with Crippen molar-refractivity contribution in [2.45, 2.75) is 20.4 Å². The Hall–Kier alpha value is -4.15. The zero-order chi connectivity index (χ0) is 26.2. The summed E-state index contributed by atoms with van der Waals surface area (Å²) in [6.45, 7) is 3.80. The molecule has 0 aliphatic rings. The molecule has 0 bridgehead atoms. The number of nitrogens with zero attached hydrogens (tertiary/aromatic N) is 1. The topological polar surface area (TPSA) is 142 Å². The predicted octanol–water partition coefficient (Wildman–Crippen LogP) is 3.55. The first-order valence-electron chi connectivity index (χ1n) is 10.5. The summed E-state index contributed by atoms with van der Waals surface area (Å²) in [7, 11) is 0. The van der Waals surface area contributed by atoms with E-state index in [2.05, 4.69) is 26.5 Å². The van der Waals surface area contributed by atoms with Crippen molar-refractivity contribution in [3.8, 4) is 0 Å². The van der Waals surface area contributed by atoms with Crippen molar-refractivity contribution in [3.63, 3.8) is 0 Å². The molecule has 1 aromatic heterocycles. The number of hydrogen-bond donors (Lipinski definition) is 4. The summed E-state index contributed by atoms with van der Waals surface area (Å²) < 4.78 is 5.45. The zero-order valence-corrected chi connectivity index (χ0v) is 20.7. The lowest BCUT2D eigenvalue weighted by atomic mass is 10.1. The highest BCUT2D eigenvalue weighted by atomic mass is 35.5. The zero-order valence-electron chi connectivity index (χ0n) is 19.1. The Labute approximate surface area is 216 Å². The van der Waals surface area contributed by atoms with Crippen molar-refractivity contribution in [2.75, 3.05) is 10.6 Å². The van der Waals surface area contributed by atoms with Crippen LogP contribution in [0.15, 0.2) is 58.0 Å². The molecule has 36 heavy (non-hydrogen) atoms. The van der Waals surface area contributed by atoms with Gasteiger partial charge in [-0.2, -0.15) is 5.10 Å². The fourth-order valence-corrected chi connectivity index (χ4v) is 3.08. The standard InChI is InChI=1S/C24H21Cl2N5O5/c1-13-3-4-15(9-14(13)2)29-22(33)21(32)27-11-17-6-7-18(36-17)12-28-31-24(35)23(34)30-16-5-8-19(25)20(26)10-16/h3-10,12H,11H2,1-2H3,(H,27,32)(H,29,33)(H,30,34)(H,31,35)/b28-12-. The molecule has 0 unspecified atom stereocenters. The molecule has 4 N–H and O–H groups in total. The molecule has 4 amide bonds. The molecule has 0 aliphatic heterocycles. The van der Waals surface area contributed by atoms with E-state index in [1.54, 1.807) is 18.2 Å². The van der Waals surface area contributed by atoms with E-state index in [0.29, 0.717) is 16.5 Å². The summed E-state index contributed by atoms with van der Waals surface area (Å²) in [5.74, 6) is -3.05. The van der Waals surface area contributed by atoms with Crippen LogP contribution in [-0.2, 0) is 25.7 Å². The molecule has 2 aromatic carbocycles. The second-order valence-electron chi connectivity index (χ2n) is 7.52. The number of benzene rings is 2. The predicted molar refractivity (Wildman–Crippen MR) is 136 cm³/mol. The first kappa shape index (κ1) is 26.5. The number of hydrogen-bond acceptors (Lipinski definition) is 6. The lowest BCUT2D eigenvalue weighted by Crippen LogP contribution is -2.34. The normalized spacial score (nSPS) is 10.7. The molecule has 10 nitrogen and oxygen atoms in total. The first-order valence-corrected chi connectivity index (χ1v) is 11.2. The molecule has 0 atom stereocenters. The molecule has 0 radical (unpaired) electrons. The minimum Gasteiger partial charge on any atom is -0.458 e. The van der Waals surface area contributed by atoms with Crippen LogP contribution in [-0.4, -0.2) is 29.8 Å². The minimum atomic E-state index is -1.02. The summed E-state index contributed by atoms with van der Waals surface area (Å²) in [5, 5.41) is 11.5. The fourth-order valence-electron chi connectivity index (χ4n) is 2.78. The molecule has 0 spiro atoms. The van der Waals surface area contributed by atoms with Crippen molar-refractivity contribution in [1.82, 2.24) is 10.7 Å². The van der Waals surface area contributed by atoms with Crippen molar-refractivity contribution in [3.05, 3.63) is 81.2 Å². The number of carbonyl (C=O) groups excluding carboxylic acids is 4. The first-order chi connectivity index (χ1) is 17.1. The summed E-state index contributed by atoms with van der Waals surface area (Å²) in [4.78, 5) is 48.0. The van der Waals surface area contributed by atoms with E-state index in [1.807, 2.05) is 19.9 Å². The Morgan fingerprint density at radius 2 is 1.47 bits per heavy atom. The number of halogens is 2. The summed E-state index contributed by atoms with van der Waals surface area (Å²) in [6.07, 6.45) is 1.17. The van der Waals surface area contributed by atoms with E-state index in [-0.39, 0.29) is 23.0 Å².